The number of nitrogens with zero attached hydrogens (tertiary/aromatic N) is 1. The highest BCUT2D eigenvalue weighted by Gasteiger charge is 2.07. The lowest BCUT2D eigenvalue weighted by molar-refractivity contribution is 0.321. The molecule has 0 saturated heterocycles. The molecule has 3 rings (SSSR count). The normalized spacial score (nSPS) is 12.2. The van der Waals surface area contributed by atoms with E-state index in [2.05, 4.69) is 51.9 Å². The molecule has 1 aromatic heterocycles. The van der Waals surface area contributed by atoms with Crippen molar-refractivity contribution < 1.29 is 13.2 Å². The molecular formula is C22H28N4O3S. The minimum Gasteiger partial charge on any atom is -0.492 e. The molecule has 8 heteroatoms. The summed E-state index contributed by atoms with van der Waals surface area (Å²) in [4.78, 5) is 7.84. The number of nitrogens with one attached hydrogen (secondary N) is 3. The van der Waals surface area contributed by atoms with Crippen molar-refractivity contribution in [1.29, 1.82) is 0 Å². The Hall–Kier alpha value is -3.00. The smallest absolute Gasteiger partial charge is 0.191 e. The van der Waals surface area contributed by atoms with Gasteiger partial charge in [-0.25, -0.2) is 8.42 Å². The Morgan fingerprint density at radius 1 is 1.10 bits per heavy atom. The number of H-pyrrole nitrogens is 1. The van der Waals surface area contributed by atoms with Crippen molar-refractivity contribution >= 4 is 26.7 Å². The number of aromatic amines is 1. The fourth-order valence-electron chi connectivity index (χ4n) is 3.16. The standard InChI is InChI=1S/C22H28N4O3S/c1-16-4-9-20-17(15-26-21(20)14-16)10-11-24-22(23-2)25-12-13-29-18-5-7-19(8-6-18)30(3,27)28/h4-9,14-15,26H,10-13H2,1-3H3,(H2,23,24,25). The number of sulfone groups is 1. The minimum atomic E-state index is -3.19. The van der Waals surface area contributed by atoms with Gasteiger partial charge in [0.05, 0.1) is 11.4 Å². The lowest BCUT2D eigenvalue weighted by Gasteiger charge is -2.12. The quantitative estimate of drug-likeness (QED) is 0.291. The lowest BCUT2D eigenvalue weighted by Crippen LogP contribution is -2.40. The van der Waals surface area contributed by atoms with Crippen LogP contribution in [0.15, 0.2) is 58.5 Å². The van der Waals surface area contributed by atoms with Gasteiger partial charge < -0.3 is 20.4 Å². The molecular weight excluding hydrogens is 400 g/mol. The van der Waals surface area contributed by atoms with E-state index in [0.29, 0.717) is 24.9 Å². The number of benzene rings is 2. The second-order valence-corrected chi connectivity index (χ2v) is 9.15. The van der Waals surface area contributed by atoms with Crippen molar-refractivity contribution in [2.45, 2.75) is 18.2 Å². The number of aromatic nitrogens is 1. The van der Waals surface area contributed by atoms with Crippen molar-refractivity contribution in [2.24, 2.45) is 4.99 Å². The molecule has 0 spiro atoms. The van der Waals surface area contributed by atoms with E-state index in [0.717, 1.165) is 18.5 Å². The van der Waals surface area contributed by atoms with Crippen molar-refractivity contribution in [3.63, 3.8) is 0 Å². The van der Waals surface area contributed by atoms with E-state index in [1.165, 1.54) is 22.8 Å². The van der Waals surface area contributed by atoms with Gasteiger partial charge in [0.15, 0.2) is 15.8 Å². The van der Waals surface area contributed by atoms with Crippen LogP contribution in [0.2, 0.25) is 0 Å². The zero-order valence-corrected chi connectivity index (χ0v) is 18.3. The molecule has 3 N–H and O–H groups in total. The van der Waals surface area contributed by atoms with Crippen LogP contribution >= 0.6 is 0 Å². The average Bonchev–Trinajstić information content (AvgIpc) is 3.11. The first-order chi connectivity index (χ1) is 14.4. The van der Waals surface area contributed by atoms with Gasteiger partial charge in [-0.05, 0) is 54.8 Å². The Morgan fingerprint density at radius 2 is 1.83 bits per heavy atom. The summed E-state index contributed by atoms with van der Waals surface area (Å²) < 4.78 is 28.6. The molecule has 0 aliphatic carbocycles. The van der Waals surface area contributed by atoms with E-state index < -0.39 is 9.84 Å². The van der Waals surface area contributed by atoms with Crippen molar-refractivity contribution in [1.82, 2.24) is 15.6 Å². The first kappa shape index (κ1) is 21.7. The third kappa shape index (κ3) is 5.76. The second kappa shape index (κ2) is 9.67. The number of ether oxygens (including phenoxy) is 1. The SMILES string of the molecule is CN=C(NCCOc1ccc(S(C)(=O)=O)cc1)NCCc1c[nH]c2cc(C)ccc12. The van der Waals surface area contributed by atoms with E-state index in [4.69, 9.17) is 4.74 Å². The fraction of sp³-hybridized carbons (Fsp3) is 0.318. The summed E-state index contributed by atoms with van der Waals surface area (Å²) in [6.45, 7) is 3.85. The molecule has 1 heterocycles. The summed E-state index contributed by atoms with van der Waals surface area (Å²) in [6.07, 6.45) is 4.13. The maximum atomic E-state index is 11.5. The van der Waals surface area contributed by atoms with E-state index >= 15 is 0 Å². The number of fused-ring (bicyclic) bond motifs is 1. The summed E-state index contributed by atoms with van der Waals surface area (Å²) >= 11 is 0. The molecule has 30 heavy (non-hydrogen) atoms. The Morgan fingerprint density at radius 3 is 2.53 bits per heavy atom. The van der Waals surface area contributed by atoms with Crippen LogP contribution in [-0.2, 0) is 16.3 Å². The largest absolute Gasteiger partial charge is 0.492 e. The van der Waals surface area contributed by atoms with E-state index in [9.17, 15) is 8.42 Å². The van der Waals surface area contributed by atoms with E-state index in [1.54, 1.807) is 31.3 Å². The molecule has 0 radical (unpaired) electrons. The molecule has 0 aliphatic heterocycles. The van der Waals surface area contributed by atoms with Crippen LogP contribution in [0.1, 0.15) is 11.1 Å². The highest BCUT2D eigenvalue weighted by Crippen LogP contribution is 2.19. The molecule has 0 fully saturated rings. The second-order valence-electron chi connectivity index (χ2n) is 7.13. The fourth-order valence-corrected chi connectivity index (χ4v) is 3.80. The van der Waals surface area contributed by atoms with Gasteiger partial charge in [0, 0.05) is 36.9 Å². The van der Waals surface area contributed by atoms with Gasteiger partial charge in [0.2, 0.25) is 0 Å². The summed E-state index contributed by atoms with van der Waals surface area (Å²) in [5.41, 5.74) is 3.68. The van der Waals surface area contributed by atoms with Gasteiger partial charge in [0.25, 0.3) is 0 Å². The molecule has 3 aromatic rings. The van der Waals surface area contributed by atoms with Gasteiger partial charge >= 0.3 is 0 Å². The molecule has 7 nitrogen and oxygen atoms in total. The van der Waals surface area contributed by atoms with Crippen LogP contribution in [0.5, 0.6) is 5.75 Å². The van der Waals surface area contributed by atoms with Gasteiger partial charge in [-0.15, -0.1) is 0 Å². The van der Waals surface area contributed by atoms with Crippen molar-refractivity contribution in [2.75, 3.05) is 33.0 Å². The van der Waals surface area contributed by atoms with Gasteiger partial charge in [-0.2, -0.15) is 0 Å². The number of rotatable bonds is 8. The van der Waals surface area contributed by atoms with Crippen LogP contribution in [-0.4, -0.2) is 52.4 Å². The highest BCUT2D eigenvalue weighted by molar-refractivity contribution is 7.90. The molecule has 0 saturated carbocycles. The number of guanidine groups is 1. The van der Waals surface area contributed by atoms with Crippen LogP contribution in [0.4, 0.5) is 0 Å². The Bertz CT molecular complexity index is 1120. The zero-order chi connectivity index (χ0) is 21.6. The molecule has 0 amide bonds. The van der Waals surface area contributed by atoms with Crippen molar-refractivity contribution in [3.05, 3.63) is 59.8 Å². The van der Waals surface area contributed by atoms with Gasteiger partial charge in [0.1, 0.15) is 12.4 Å². The van der Waals surface area contributed by atoms with E-state index in [1.807, 2.05) is 0 Å². The van der Waals surface area contributed by atoms with Crippen LogP contribution in [0, 0.1) is 6.92 Å². The molecule has 0 unspecified atom stereocenters. The van der Waals surface area contributed by atoms with Crippen molar-refractivity contribution in [3.8, 4) is 5.75 Å². The molecule has 0 atom stereocenters. The molecule has 2 aromatic carbocycles. The molecule has 0 bridgehead atoms. The Kier molecular flexibility index (Phi) is 6.99. The van der Waals surface area contributed by atoms with Gasteiger partial charge in [-0.1, -0.05) is 12.1 Å². The lowest BCUT2D eigenvalue weighted by atomic mass is 10.1. The summed E-state index contributed by atoms with van der Waals surface area (Å²) in [6, 6.07) is 12.8. The van der Waals surface area contributed by atoms with Gasteiger partial charge in [-0.3, -0.25) is 4.99 Å². The number of aryl methyl sites for hydroxylation is 1. The topological polar surface area (TPSA) is 95.6 Å². The summed E-state index contributed by atoms with van der Waals surface area (Å²) in [7, 11) is -1.46. The van der Waals surface area contributed by atoms with Crippen LogP contribution < -0.4 is 15.4 Å². The van der Waals surface area contributed by atoms with E-state index in [-0.39, 0.29) is 4.90 Å². The number of aliphatic imine (C=N–C) groups is 1. The zero-order valence-electron chi connectivity index (χ0n) is 17.5. The van der Waals surface area contributed by atoms with Crippen LogP contribution in [0.3, 0.4) is 0 Å². The number of hydrogen-bond donors (Lipinski definition) is 3. The van der Waals surface area contributed by atoms with Crippen LogP contribution in [0.25, 0.3) is 10.9 Å². The maximum Gasteiger partial charge on any atom is 0.191 e. The maximum absolute atomic E-state index is 11.5. The first-order valence-corrected chi connectivity index (χ1v) is 11.7. The predicted octanol–water partition coefficient (Wildman–Crippen LogP) is 2.67. The monoisotopic (exact) mass is 428 g/mol. The third-order valence-corrected chi connectivity index (χ3v) is 5.88. The first-order valence-electron chi connectivity index (χ1n) is 9.81. The molecule has 160 valence electrons. The molecule has 0 aliphatic rings. The Labute approximate surface area is 177 Å². The number of hydrogen-bond acceptors (Lipinski definition) is 4. The average molecular weight is 429 g/mol. The predicted molar refractivity (Wildman–Crippen MR) is 121 cm³/mol. The minimum absolute atomic E-state index is 0.280. The Balaban J connectivity index is 1.40. The highest BCUT2D eigenvalue weighted by atomic mass is 32.2. The third-order valence-electron chi connectivity index (χ3n) is 4.75. The summed E-state index contributed by atoms with van der Waals surface area (Å²) in [5.74, 6) is 1.34. The summed E-state index contributed by atoms with van der Waals surface area (Å²) in [5, 5.41) is 7.77.